The Morgan fingerprint density at radius 2 is 1.89 bits per heavy atom. The molecule has 1 aromatic carbocycles. The zero-order valence-electron chi connectivity index (χ0n) is 14.3. The molecule has 2 aromatic rings. The number of hydrogen-bond acceptors (Lipinski definition) is 8. The molecule has 148 valence electrons. The van der Waals surface area contributed by atoms with Crippen LogP contribution in [0.2, 0.25) is 0 Å². The number of primary sulfonamides is 1. The van der Waals surface area contributed by atoms with E-state index in [1.165, 1.54) is 24.3 Å². The molecule has 0 aliphatic rings. The van der Waals surface area contributed by atoms with Gasteiger partial charge in [-0.25, -0.2) is 18.4 Å². The molecule has 1 aromatic heterocycles. The Hall–Kier alpha value is -3.58. The number of esters is 1. The van der Waals surface area contributed by atoms with Crippen LogP contribution in [0.5, 0.6) is 0 Å². The predicted octanol–water partition coefficient (Wildman–Crippen LogP) is -0.171. The number of pyridine rings is 1. The number of aromatic nitrogens is 1. The Kier molecular flexibility index (Phi) is 5.90. The highest BCUT2D eigenvalue weighted by molar-refractivity contribution is 7.89. The standard InChI is InChI=1S/C15H14N4O8S/c1-27-15(22)12-6-10(19(23)24)7-18(14(12)21)8-13(20)17-9-2-4-11(5-3-9)28(16,25)26/h2-7H,8H2,1H3,(H,17,20)(H2,16,25,26). The number of carbonyl (C=O) groups is 2. The fraction of sp³-hybridized carbons (Fsp3) is 0.133. The van der Waals surface area contributed by atoms with Crippen LogP contribution >= 0.6 is 0 Å². The van der Waals surface area contributed by atoms with Crippen LogP contribution in [-0.4, -0.2) is 36.9 Å². The van der Waals surface area contributed by atoms with E-state index < -0.39 is 50.2 Å². The van der Waals surface area contributed by atoms with Crippen molar-refractivity contribution in [1.82, 2.24) is 4.57 Å². The molecule has 0 saturated heterocycles. The number of methoxy groups -OCH3 is 1. The Balaban J connectivity index is 2.28. The van der Waals surface area contributed by atoms with Crippen LogP contribution in [0, 0.1) is 10.1 Å². The maximum absolute atomic E-state index is 12.3. The molecule has 13 heteroatoms. The van der Waals surface area contributed by atoms with Gasteiger partial charge in [0.2, 0.25) is 15.9 Å². The minimum Gasteiger partial charge on any atom is -0.465 e. The first-order valence-electron chi connectivity index (χ1n) is 7.43. The molecule has 0 aliphatic carbocycles. The lowest BCUT2D eigenvalue weighted by Crippen LogP contribution is -2.31. The number of nitrogens with two attached hydrogens (primary N) is 1. The second kappa shape index (κ2) is 7.98. The second-order valence-corrected chi connectivity index (χ2v) is 6.97. The quantitative estimate of drug-likeness (QED) is 0.374. The van der Waals surface area contributed by atoms with Gasteiger partial charge in [0.1, 0.15) is 12.1 Å². The lowest BCUT2D eigenvalue weighted by molar-refractivity contribution is -0.385. The third kappa shape index (κ3) is 4.77. The molecule has 0 aliphatic heterocycles. The summed E-state index contributed by atoms with van der Waals surface area (Å²) in [6, 6.07) is 5.63. The van der Waals surface area contributed by atoms with Gasteiger partial charge in [-0.1, -0.05) is 0 Å². The molecule has 0 unspecified atom stereocenters. The number of carbonyl (C=O) groups excluding carboxylic acids is 2. The first kappa shape index (κ1) is 20.7. The molecule has 28 heavy (non-hydrogen) atoms. The van der Waals surface area contributed by atoms with Gasteiger partial charge in [0.15, 0.2) is 0 Å². The normalized spacial score (nSPS) is 10.9. The molecule has 1 amide bonds. The Morgan fingerprint density at radius 3 is 2.39 bits per heavy atom. The van der Waals surface area contributed by atoms with Crippen molar-refractivity contribution < 1.29 is 27.7 Å². The molecular formula is C15H14N4O8S. The van der Waals surface area contributed by atoms with Crippen molar-refractivity contribution in [3.05, 3.63) is 62.6 Å². The van der Waals surface area contributed by atoms with Crippen molar-refractivity contribution in [3.8, 4) is 0 Å². The highest BCUT2D eigenvalue weighted by Gasteiger charge is 2.20. The summed E-state index contributed by atoms with van der Waals surface area (Å²) in [5, 5.41) is 18.4. The molecule has 12 nitrogen and oxygen atoms in total. The molecule has 0 atom stereocenters. The SMILES string of the molecule is COC(=O)c1cc([N+](=O)[O-])cn(CC(=O)Nc2ccc(S(N)(=O)=O)cc2)c1=O. The maximum atomic E-state index is 12.3. The predicted molar refractivity (Wildman–Crippen MR) is 95.1 cm³/mol. The van der Waals surface area contributed by atoms with Gasteiger partial charge in [-0.05, 0) is 24.3 Å². The second-order valence-electron chi connectivity index (χ2n) is 5.41. The van der Waals surface area contributed by atoms with E-state index in [2.05, 4.69) is 10.1 Å². The van der Waals surface area contributed by atoms with Gasteiger partial charge in [-0.2, -0.15) is 0 Å². The van der Waals surface area contributed by atoms with Crippen molar-refractivity contribution in [2.24, 2.45) is 5.14 Å². The largest absolute Gasteiger partial charge is 0.465 e. The topological polar surface area (TPSA) is 181 Å². The molecule has 0 spiro atoms. The average Bonchev–Trinajstić information content (AvgIpc) is 2.62. The third-order valence-electron chi connectivity index (χ3n) is 3.47. The van der Waals surface area contributed by atoms with E-state index in [-0.39, 0.29) is 10.6 Å². The summed E-state index contributed by atoms with van der Waals surface area (Å²) in [4.78, 5) is 46.1. The van der Waals surface area contributed by atoms with E-state index >= 15 is 0 Å². The summed E-state index contributed by atoms with van der Waals surface area (Å²) >= 11 is 0. The van der Waals surface area contributed by atoms with Crippen LogP contribution in [-0.2, 0) is 26.1 Å². The van der Waals surface area contributed by atoms with Crippen molar-refractivity contribution in [2.75, 3.05) is 12.4 Å². The first-order chi connectivity index (χ1) is 13.0. The Bertz CT molecular complexity index is 1110. The van der Waals surface area contributed by atoms with Crippen molar-refractivity contribution in [3.63, 3.8) is 0 Å². The summed E-state index contributed by atoms with van der Waals surface area (Å²) in [5.74, 6) is -1.83. The number of nitrogens with zero attached hydrogens (tertiary/aromatic N) is 2. The fourth-order valence-corrected chi connectivity index (χ4v) is 2.69. The summed E-state index contributed by atoms with van der Waals surface area (Å²) in [5.41, 5.74) is -1.92. The van der Waals surface area contributed by atoms with Gasteiger partial charge in [-0.3, -0.25) is 24.3 Å². The highest BCUT2D eigenvalue weighted by Crippen LogP contribution is 2.14. The molecule has 2 rings (SSSR count). The number of ether oxygens (including phenoxy) is 1. The first-order valence-corrected chi connectivity index (χ1v) is 8.97. The van der Waals surface area contributed by atoms with Crippen LogP contribution in [0.3, 0.4) is 0 Å². The highest BCUT2D eigenvalue weighted by atomic mass is 32.2. The average molecular weight is 410 g/mol. The summed E-state index contributed by atoms with van der Waals surface area (Å²) in [6.45, 7) is -0.637. The third-order valence-corrected chi connectivity index (χ3v) is 4.40. The van der Waals surface area contributed by atoms with Crippen LogP contribution in [0.15, 0.2) is 46.2 Å². The summed E-state index contributed by atoms with van der Waals surface area (Å²) in [6.07, 6.45) is 0.818. The van der Waals surface area contributed by atoms with Crippen LogP contribution in [0.25, 0.3) is 0 Å². The molecule has 1 heterocycles. The monoisotopic (exact) mass is 410 g/mol. The van der Waals surface area contributed by atoms with Crippen molar-refractivity contribution >= 4 is 33.3 Å². The minimum atomic E-state index is -3.90. The van der Waals surface area contributed by atoms with Crippen LogP contribution in [0.1, 0.15) is 10.4 Å². The van der Waals surface area contributed by atoms with Gasteiger partial charge in [0.05, 0.1) is 23.1 Å². The van der Waals surface area contributed by atoms with Gasteiger partial charge in [0, 0.05) is 11.8 Å². The van der Waals surface area contributed by atoms with E-state index in [0.29, 0.717) is 4.57 Å². The molecule has 0 radical (unpaired) electrons. The number of benzene rings is 1. The number of amides is 1. The number of nitro groups is 1. The van der Waals surface area contributed by atoms with E-state index in [0.717, 1.165) is 19.4 Å². The number of rotatable bonds is 6. The Morgan fingerprint density at radius 1 is 1.29 bits per heavy atom. The summed E-state index contributed by atoms with van der Waals surface area (Å²) in [7, 11) is -2.89. The lowest BCUT2D eigenvalue weighted by Gasteiger charge is -2.09. The molecule has 0 saturated carbocycles. The number of nitrogens with one attached hydrogen (secondary N) is 1. The van der Waals surface area contributed by atoms with Crippen LogP contribution in [0.4, 0.5) is 11.4 Å². The van der Waals surface area contributed by atoms with E-state index in [1.807, 2.05) is 0 Å². The smallest absolute Gasteiger partial charge is 0.343 e. The molecule has 0 fully saturated rings. The zero-order chi connectivity index (χ0) is 21.1. The fourth-order valence-electron chi connectivity index (χ4n) is 2.18. The van der Waals surface area contributed by atoms with Crippen LogP contribution < -0.4 is 16.0 Å². The zero-order valence-corrected chi connectivity index (χ0v) is 15.1. The molecule has 3 N–H and O–H groups in total. The number of anilines is 1. The van der Waals surface area contributed by atoms with Gasteiger partial charge in [-0.15, -0.1) is 0 Å². The lowest BCUT2D eigenvalue weighted by atomic mass is 10.2. The van der Waals surface area contributed by atoms with E-state index in [4.69, 9.17) is 5.14 Å². The Labute approximate surface area is 157 Å². The number of hydrogen-bond donors (Lipinski definition) is 2. The van der Waals surface area contributed by atoms with Gasteiger partial charge in [0.25, 0.3) is 11.2 Å². The molecular weight excluding hydrogens is 396 g/mol. The van der Waals surface area contributed by atoms with Crippen molar-refractivity contribution in [1.29, 1.82) is 0 Å². The van der Waals surface area contributed by atoms with Gasteiger partial charge < -0.3 is 10.1 Å². The van der Waals surface area contributed by atoms with Gasteiger partial charge >= 0.3 is 5.97 Å². The minimum absolute atomic E-state index is 0.164. The van der Waals surface area contributed by atoms with E-state index in [9.17, 15) is 32.9 Å². The summed E-state index contributed by atoms with van der Waals surface area (Å²) < 4.78 is 27.5. The molecule has 0 bridgehead atoms. The number of sulfonamides is 1. The maximum Gasteiger partial charge on any atom is 0.343 e. The van der Waals surface area contributed by atoms with Crippen molar-refractivity contribution in [2.45, 2.75) is 11.4 Å². The van der Waals surface area contributed by atoms with E-state index in [1.54, 1.807) is 0 Å².